The average Bonchev–Trinajstić information content (AvgIpc) is 2.71. The lowest BCUT2D eigenvalue weighted by molar-refractivity contribution is -0.121. The molecule has 1 fully saturated rings. The van der Waals surface area contributed by atoms with Crippen molar-refractivity contribution in [1.29, 1.82) is 5.26 Å². The second-order valence-electron chi connectivity index (χ2n) is 6.53. The summed E-state index contributed by atoms with van der Waals surface area (Å²) in [5.74, 6) is -0.516. The van der Waals surface area contributed by atoms with Crippen molar-refractivity contribution in [3.63, 3.8) is 0 Å². The standard InChI is InChI=1S/C20H19ClN4O3/c21-15-4-5-18(26)17(11-15)24-19(27)14-6-8-25(9-7-14)20(28)23-16-3-1-2-13(10-16)12-22/h1-5,10-11,14,26H,6-9H2,(H,23,28)(H,24,27). The average molecular weight is 399 g/mol. The first-order chi connectivity index (χ1) is 13.5. The molecule has 0 aliphatic carbocycles. The first-order valence-electron chi connectivity index (χ1n) is 8.82. The fraction of sp³-hybridized carbons (Fsp3) is 0.250. The summed E-state index contributed by atoms with van der Waals surface area (Å²) in [6.07, 6.45) is 1.03. The summed E-state index contributed by atoms with van der Waals surface area (Å²) >= 11 is 5.89. The number of nitrogens with one attached hydrogen (secondary N) is 2. The second kappa shape index (κ2) is 8.63. The van der Waals surface area contributed by atoms with Gasteiger partial charge in [-0.15, -0.1) is 0 Å². The molecule has 3 amide bonds. The number of rotatable bonds is 3. The molecule has 7 nitrogen and oxygen atoms in total. The number of amides is 3. The molecule has 144 valence electrons. The number of phenolic OH excluding ortho intramolecular Hbond substituents is 1. The molecule has 1 aliphatic heterocycles. The van der Waals surface area contributed by atoms with Crippen LogP contribution in [0, 0.1) is 17.2 Å². The molecule has 1 aliphatic rings. The van der Waals surface area contributed by atoms with E-state index in [1.54, 1.807) is 29.2 Å². The van der Waals surface area contributed by atoms with E-state index in [1.165, 1.54) is 18.2 Å². The number of carbonyl (C=O) groups is 2. The van der Waals surface area contributed by atoms with Gasteiger partial charge in [0.15, 0.2) is 0 Å². The van der Waals surface area contributed by atoms with Gasteiger partial charge in [0.1, 0.15) is 5.75 Å². The zero-order valence-electron chi connectivity index (χ0n) is 15.0. The number of hydrogen-bond donors (Lipinski definition) is 3. The molecule has 2 aromatic rings. The van der Waals surface area contributed by atoms with E-state index in [1.807, 2.05) is 6.07 Å². The molecule has 3 N–H and O–H groups in total. The van der Waals surface area contributed by atoms with Crippen molar-refractivity contribution in [2.45, 2.75) is 12.8 Å². The number of piperidine rings is 1. The lowest BCUT2D eigenvalue weighted by atomic mass is 9.96. The van der Waals surface area contributed by atoms with Gasteiger partial charge in [-0.1, -0.05) is 17.7 Å². The van der Waals surface area contributed by atoms with Crippen molar-refractivity contribution in [3.05, 3.63) is 53.1 Å². The molecule has 0 radical (unpaired) electrons. The highest BCUT2D eigenvalue weighted by Crippen LogP contribution is 2.28. The molecule has 1 heterocycles. The number of benzene rings is 2. The number of nitriles is 1. The minimum atomic E-state index is -0.263. The maximum Gasteiger partial charge on any atom is 0.321 e. The number of hydrogen-bond acceptors (Lipinski definition) is 4. The summed E-state index contributed by atoms with van der Waals surface area (Å²) in [5, 5.41) is 24.6. The molecule has 0 saturated carbocycles. The van der Waals surface area contributed by atoms with Crippen LogP contribution in [-0.2, 0) is 4.79 Å². The molecule has 2 aromatic carbocycles. The number of anilines is 2. The molecule has 3 rings (SSSR count). The van der Waals surface area contributed by atoms with Crippen LogP contribution in [0.1, 0.15) is 18.4 Å². The van der Waals surface area contributed by atoms with E-state index in [-0.39, 0.29) is 29.3 Å². The summed E-state index contributed by atoms with van der Waals surface area (Å²) in [7, 11) is 0. The fourth-order valence-corrected chi connectivity index (χ4v) is 3.23. The van der Waals surface area contributed by atoms with Gasteiger partial charge >= 0.3 is 6.03 Å². The van der Waals surface area contributed by atoms with E-state index in [0.717, 1.165) is 0 Å². The van der Waals surface area contributed by atoms with Crippen LogP contribution < -0.4 is 10.6 Å². The summed E-state index contributed by atoms with van der Waals surface area (Å²) < 4.78 is 0. The Morgan fingerprint density at radius 3 is 2.61 bits per heavy atom. The van der Waals surface area contributed by atoms with E-state index >= 15 is 0 Å². The molecule has 1 saturated heterocycles. The van der Waals surface area contributed by atoms with E-state index < -0.39 is 0 Å². The molecule has 0 aromatic heterocycles. The molecule has 0 spiro atoms. The Labute approximate surface area is 167 Å². The number of likely N-dealkylation sites (tertiary alicyclic amines) is 1. The minimum absolute atomic E-state index is 0.0471. The first-order valence-corrected chi connectivity index (χ1v) is 9.19. The number of aromatic hydroxyl groups is 1. The fourth-order valence-electron chi connectivity index (χ4n) is 3.06. The SMILES string of the molecule is N#Cc1cccc(NC(=O)N2CCC(C(=O)Nc3cc(Cl)ccc3O)CC2)c1. The molecule has 8 heteroatoms. The minimum Gasteiger partial charge on any atom is -0.506 e. The van der Waals surface area contributed by atoms with Crippen LogP contribution >= 0.6 is 11.6 Å². The third-order valence-electron chi connectivity index (χ3n) is 4.61. The summed E-state index contributed by atoms with van der Waals surface area (Å²) in [6, 6.07) is 12.9. The molecular formula is C20H19ClN4O3. The Hall–Kier alpha value is -3.24. The van der Waals surface area contributed by atoms with Crippen molar-refractivity contribution in [3.8, 4) is 11.8 Å². The lowest BCUT2D eigenvalue weighted by Crippen LogP contribution is -2.43. The molecule has 0 bridgehead atoms. The van der Waals surface area contributed by atoms with Crippen LogP contribution in [0.2, 0.25) is 5.02 Å². The van der Waals surface area contributed by atoms with Crippen LogP contribution in [0.4, 0.5) is 16.2 Å². The topological polar surface area (TPSA) is 105 Å². The van der Waals surface area contributed by atoms with Crippen molar-refractivity contribution in [2.24, 2.45) is 5.92 Å². The van der Waals surface area contributed by atoms with Crippen LogP contribution in [0.5, 0.6) is 5.75 Å². The van der Waals surface area contributed by atoms with Gasteiger partial charge in [-0.05, 0) is 49.2 Å². The monoisotopic (exact) mass is 398 g/mol. The number of urea groups is 1. The largest absolute Gasteiger partial charge is 0.506 e. The number of phenols is 1. The predicted molar refractivity (Wildman–Crippen MR) is 106 cm³/mol. The Bertz CT molecular complexity index is 933. The lowest BCUT2D eigenvalue weighted by Gasteiger charge is -2.31. The van der Waals surface area contributed by atoms with Gasteiger partial charge in [0.05, 0.1) is 17.3 Å². The van der Waals surface area contributed by atoms with Gasteiger partial charge in [0, 0.05) is 29.7 Å². The van der Waals surface area contributed by atoms with Crippen molar-refractivity contribution in [2.75, 3.05) is 23.7 Å². The quantitative estimate of drug-likeness (QED) is 0.683. The Balaban J connectivity index is 1.53. The van der Waals surface area contributed by atoms with Gasteiger partial charge in [-0.3, -0.25) is 4.79 Å². The van der Waals surface area contributed by atoms with Gasteiger partial charge in [-0.2, -0.15) is 5.26 Å². The molecule has 28 heavy (non-hydrogen) atoms. The van der Waals surface area contributed by atoms with Crippen molar-refractivity contribution < 1.29 is 14.7 Å². The summed E-state index contributed by atoms with van der Waals surface area (Å²) in [4.78, 5) is 26.5. The van der Waals surface area contributed by atoms with E-state index in [4.69, 9.17) is 16.9 Å². The Kier molecular flexibility index (Phi) is 6.02. The van der Waals surface area contributed by atoms with Gasteiger partial charge in [0.2, 0.25) is 5.91 Å². The normalized spacial score (nSPS) is 14.2. The number of carbonyl (C=O) groups excluding carboxylic acids is 2. The van der Waals surface area contributed by atoms with Gasteiger partial charge in [-0.25, -0.2) is 4.79 Å². The second-order valence-corrected chi connectivity index (χ2v) is 6.97. The summed E-state index contributed by atoms with van der Waals surface area (Å²) in [5.41, 5.74) is 1.30. The third kappa shape index (κ3) is 4.72. The van der Waals surface area contributed by atoms with Gasteiger partial charge in [0.25, 0.3) is 0 Å². The van der Waals surface area contributed by atoms with E-state index in [2.05, 4.69) is 10.6 Å². The highest BCUT2D eigenvalue weighted by Gasteiger charge is 2.28. The van der Waals surface area contributed by atoms with Crippen LogP contribution in [-0.4, -0.2) is 35.0 Å². The smallest absolute Gasteiger partial charge is 0.321 e. The van der Waals surface area contributed by atoms with Gasteiger partial charge < -0.3 is 20.6 Å². The van der Waals surface area contributed by atoms with Crippen molar-refractivity contribution in [1.82, 2.24) is 4.90 Å². The highest BCUT2D eigenvalue weighted by atomic mass is 35.5. The number of nitrogens with zero attached hydrogens (tertiary/aromatic N) is 2. The van der Waals surface area contributed by atoms with E-state index in [9.17, 15) is 14.7 Å². The van der Waals surface area contributed by atoms with Crippen molar-refractivity contribution >= 4 is 34.9 Å². The number of halogens is 1. The molecule has 0 unspecified atom stereocenters. The Morgan fingerprint density at radius 1 is 1.14 bits per heavy atom. The Morgan fingerprint density at radius 2 is 1.89 bits per heavy atom. The van der Waals surface area contributed by atoms with Crippen LogP contribution in [0.3, 0.4) is 0 Å². The highest BCUT2D eigenvalue weighted by molar-refractivity contribution is 6.31. The third-order valence-corrected chi connectivity index (χ3v) is 4.85. The predicted octanol–water partition coefficient (Wildman–Crippen LogP) is 3.80. The zero-order valence-corrected chi connectivity index (χ0v) is 15.7. The maximum atomic E-state index is 12.5. The summed E-state index contributed by atoms with van der Waals surface area (Å²) in [6.45, 7) is 0.868. The zero-order chi connectivity index (χ0) is 20.1. The van der Waals surface area contributed by atoms with E-state index in [0.29, 0.717) is 42.2 Å². The first kappa shape index (κ1) is 19.5. The van der Waals surface area contributed by atoms with Crippen LogP contribution in [0.15, 0.2) is 42.5 Å². The molecular weight excluding hydrogens is 380 g/mol. The molecule has 0 atom stereocenters. The van der Waals surface area contributed by atoms with Crippen LogP contribution in [0.25, 0.3) is 0 Å². The maximum absolute atomic E-state index is 12.5.